The minimum atomic E-state index is -0.00765. The number of carbonyl (C=O) groups is 1. The lowest BCUT2D eigenvalue weighted by atomic mass is 10.1. The maximum atomic E-state index is 12.3. The van der Waals surface area contributed by atoms with E-state index in [-0.39, 0.29) is 17.7 Å². The molecule has 0 saturated carbocycles. The Bertz CT molecular complexity index is 880. The fourth-order valence-electron chi connectivity index (χ4n) is 2.45. The van der Waals surface area contributed by atoms with E-state index in [1.54, 1.807) is 12.4 Å². The van der Waals surface area contributed by atoms with E-state index in [1.165, 1.54) is 11.8 Å². The summed E-state index contributed by atoms with van der Waals surface area (Å²) in [6.07, 6.45) is 3.48. The SMILES string of the molecule is CC(C)C(C)NC(=O)CSc1nnc(-c2cccnc2)n1-c1ccccc1. The van der Waals surface area contributed by atoms with Crippen LogP contribution in [0.25, 0.3) is 17.1 Å². The summed E-state index contributed by atoms with van der Waals surface area (Å²) in [5.41, 5.74) is 1.82. The normalized spacial score (nSPS) is 12.1. The number of hydrogen-bond acceptors (Lipinski definition) is 5. The van der Waals surface area contributed by atoms with Crippen LogP contribution >= 0.6 is 11.8 Å². The van der Waals surface area contributed by atoms with Gasteiger partial charge in [-0.25, -0.2) is 0 Å². The fourth-order valence-corrected chi connectivity index (χ4v) is 3.21. The highest BCUT2D eigenvalue weighted by Gasteiger charge is 2.18. The minimum Gasteiger partial charge on any atom is -0.353 e. The molecule has 3 aromatic rings. The van der Waals surface area contributed by atoms with Crippen LogP contribution in [0.4, 0.5) is 0 Å². The van der Waals surface area contributed by atoms with E-state index in [0.717, 1.165) is 11.3 Å². The number of aromatic nitrogens is 4. The van der Waals surface area contributed by atoms with Crippen LogP contribution in [0.2, 0.25) is 0 Å². The zero-order chi connectivity index (χ0) is 19.2. The second kappa shape index (κ2) is 8.81. The lowest BCUT2D eigenvalue weighted by molar-refractivity contribution is -0.119. The van der Waals surface area contributed by atoms with Gasteiger partial charge in [-0.1, -0.05) is 43.8 Å². The Balaban J connectivity index is 1.86. The van der Waals surface area contributed by atoms with Crippen LogP contribution in [-0.4, -0.2) is 37.5 Å². The number of para-hydroxylation sites is 1. The first kappa shape index (κ1) is 19.1. The van der Waals surface area contributed by atoms with Crippen LogP contribution in [0.5, 0.6) is 0 Å². The molecule has 0 bridgehead atoms. The molecular formula is C20H23N5OS. The number of amides is 1. The summed E-state index contributed by atoms with van der Waals surface area (Å²) in [5, 5.41) is 12.4. The Kier molecular flexibility index (Phi) is 6.24. The molecule has 1 atom stereocenters. The first-order valence-corrected chi connectivity index (χ1v) is 9.88. The highest BCUT2D eigenvalue weighted by atomic mass is 32.2. The molecule has 2 heterocycles. The summed E-state index contributed by atoms with van der Waals surface area (Å²) in [7, 11) is 0. The molecular weight excluding hydrogens is 358 g/mol. The van der Waals surface area contributed by atoms with Crippen molar-refractivity contribution in [3.8, 4) is 17.1 Å². The number of pyridine rings is 1. The van der Waals surface area contributed by atoms with E-state index in [9.17, 15) is 4.79 Å². The number of thioether (sulfide) groups is 1. The zero-order valence-corrected chi connectivity index (χ0v) is 16.5. The van der Waals surface area contributed by atoms with Crippen molar-refractivity contribution in [1.29, 1.82) is 0 Å². The predicted octanol–water partition coefficient (Wildman–Crippen LogP) is 3.58. The first-order chi connectivity index (χ1) is 13.1. The second-order valence-electron chi connectivity index (χ2n) is 6.61. The van der Waals surface area contributed by atoms with Gasteiger partial charge >= 0.3 is 0 Å². The van der Waals surface area contributed by atoms with Crippen molar-refractivity contribution >= 4 is 17.7 Å². The monoisotopic (exact) mass is 381 g/mol. The summed E-state index contributed by atoms with van der Waals surface area (Å²) < 4.78 is 1.96. The topological polar surface area (TPSA) is 72.7 Å². The molecule has 3 rings (SSSR count). The van der Waals surface area contributed by atoms with Crippen molar-refractivity contribution in [2.24, 2.45) is 5.92 Å². The zero-order valence-electron chi connectivity index (χ0n) is 15.7. The molecule has 6 nitrogen and oxygen atoms in total. The number of benzene rings is 1. The molecule has 2 aromatic heterocycles. The predicted molar refractivity (Wildman–Crippen MR) is 108 cm³/mol. The van der Waals surface area contributed by atoms with Gasteiger partial charge in [0.15, 0.2) is 11.0 Å². The smallest absolute Gasteiger partial charge is 0.230 e. The Labute approximate surface area is 163 Å². The number of hydrogen-bond donors (Lipinski definition) is 1. The summed E-state index contributed by atoms with van der Waals surface area (Å²) in [5.74, 6) is 1.37. The minimum absolute atomic E-state index is 0.00765. The van der Waals surface area contributed by atoms with Gasteiger partial charge in [0.1, 0.15) is 0 Å². The van der Waals surface area contributed by atoms with Crippen molar-refractivity contribution in [2.45, 2.75) is 32.0 Å². The van der Waals surface area contributed by atoms with Gasteiger partial charge in [0.2, 0.25) is 5.91 Å². The summed E-state index contributed by atoms with van der Waals surface area (Å²) >= 11 is 1.38. The largest absolute Gasteiger partial charge is 0.353 e. The van der Waals surface area contributed by atoms with E-state index in [0.29, 0.717) is 16.9 Å². The van der Waals surface area contributed by atoms with Crippen LogP contribution in [0.3, 0.4) is 0 Å². The van der Waals surface area contributed by atoms with Crippen molar-refractivity contribution in [1.82, 2.24) is 25.1 Å². The van der Waals surface area contributed by atoms with E-state index in [1.807, 2.05) is 54.0 Å². The van der Waals surface area contributed by atoms with E-state index >= 15 is 0 Å². The molecule has 27 heavy (non-hydrogen) atoms. The second-order valence-corrected chi connectivity index (χ2v) is 7.55. The molecule has 0 spiro atoms. The van der Waals surface area contributed by atoms with Crippen LogP contribution < -0.4 is 5.32 Å². The van der Waals surface area contributed by atoms with E-state index in [2.05, 4.69) is 34.3 Å². The van der Waals surface area contributed by atoms with Gasteiger partial charge in [0.05, 0.1) is 5.75 Å². The number of nitrogens with zero attached hydrogens (tertiary/aromatic N) is 4. The molecule has 1 amide bonds. The van der Waals surface area contributed by atoms with Gasteiger partial charge in [0, 0.05) is 29.7 Å². The van der Waals surface area contributed by atoms with E-state index < -0.39 is 0 Å². The molecule has 0 aliphatic rings. The number of carbonyl (C=O) groups excluding carboxylic acids is 1. The maximum absolute atomic E-state index is 12.3. The lowest BCUT2D eigenvalue weighted by Crippen LogP contribution is -2.37. The number of nitrogens with one attached hydrogen (secondary N) is 1. The van der Waals surface area contributed by atoms with Crippen LogP contribution in [0.1, 0.15) is 20.8 Å². The molecule has 0 aliphatic carbocycles. The van der Waals surface area contributed by atoms with Crippen molar-refractivity contribution in [3.63, 3.8) is 0 Å². The third-order valence-corrected chi connectivity index (χ3v) is 5.22. The van der Waals surface area contributed by atoms with Crippen LogP contribution in [0.15, 0.2) is 60.0 Å². The Hall–Kier alpha value is -2.67. The molecule has 0 radical (unpaired) electrons. The molecule has 0 saturated heterocycles. The van der Waals surface area contributed by atoms with Crippen LogP contribution in [0, 0.1) is 5.92 Å². The molecule has 1 N–H and O–H groups in total. The van der Waals surface area contributed by atoms with Crippen LogP contribution in [-0.2, 0) is 4.79 Å². The summed E-state index contributed by atoms with van der Waals surface area (Å²) in [6.45, 7) is 6.19. The molecule has 0 aliphatic heterocycles. The van der Waals surface area contributed by atoms with Gasteiger partial charge in [-0.15, -0.1) is 10.2 Å². The molecule has 0 fully saturated rings. The summed E-state index contributed by atoms with van der Waals surface area (Å²) in [4.78, 5) is 16.4. The average molecular weight is 382 g/mol. The molecule has 7 heteroatoms. The Morgan fingerprint density at radius 2 is 1.89 bits per heavy atom. The quantitative estimate of drug-likeness (QED) is 0.633. The van der Waals surface area contributed by atoms with Gasteiger partial charge in [-0.05, 0) is 37.1 Å². The highest BCUT2D eigenvalue weighted by molar-refractivity contribution is 7.99. The first-order valence-electron chi connectivity index (χ1n) is 8.89. The van der Waals surface area contributed by atoms with Crippen molar-refractivity contribution in [2.75, 3.05) is 5.75 Å². The Morgan fingerprint density at radius 1 is 1.11 bits per heavy atom. The Morgan fingerprint density at radius 3 is 2.56 bits per heavy atom. The molecule has 1 aromatic carbocycles. The van der Waals surface area contributed by atoms with Gasteiger partial charge in [-0.3, -0.25) is 14.3 Å². The maximum Gasteiger partial charge on any atom is 0.230 e. The summed E-state index contributed by atoms with van der Waals surface area (Å²) in [6, 6.07) is 13.8. The van der Waals surface area contributed by atoms with Gasteiger partial charge < -0.3 is 5.32 Å². The van der Waals surface area contributed by atoms with Crippen molar-refractivity contribution in [3.05, 3.63) is 54.9 Å². The van der Waals surface area contributed by atoms with Crippen molar-refractivity contribution < 1.29 is 4.79 Å². The van der Waals surface area contributed by atoms with Gasteiger partial charge in [-0.2, -0.15) is 0 Å². The fraction of sp³-hybridized carbons (Fsp3) is 0.300. The molecule has 140 valence electrons. The lowest BCUT2D eigenvalue weighted by Gasteiger charge is -2.17. The molecule has 1 unspecified atom stereocenters. The highest BCUT2D eigenvalue weighted by Crippen LogP contribution is 2.27. The number of rotatable bonds is 7. The standard InChI is InChI=1S/C20H23N5OS/c1-14(2)15(3)22-18(26)13-27-20-24-23-19(16-8-7-11-21-12-16)25(20)17-9-5-4-6-10-17/h4-12,14-15H,13H2,1-3H3,(H,22,26). The van der Waals surface area contributed by atoms with E-state index in [4.69, 9.17) is 0 Å². The third-order valence-electron chi connectivity index (χ3n) is 4.29. The van der Waals surface area contributed by atoms with Gasteiger partial charge in [0.25, 0.3) is 0 Å². The average Bonchev–Trinajstić information content (AvgIpc) is 3.11. The third kappa shape index (κ3) is 4.74.